The summed E-state index contributed by atoms with van der Waals surface area (Å²) in [7, 11) is -3.78. The molecule has 1 aliphatic rings. The number of rotatable bonds is 4. The SMILES string of the molecule is O=C(O)C1CCN(S(=O)(=O)Nc2cccc(F)c2)CC1. The summed E-state index contributed by atoms with van der Waals surface area (Å²) in [4.78, 5) is 10.8. The third-order valence-corrected chi connectivity index (χ3v) is 4.75. The van der Waals surface area contributed by atoms with Gasteiger partial charge < -0.3 is 5.11 Å². The molecule has 0 spiro atoms. The molecule has 0 radical (unpaired) electrons. The molecule has 2 rings (SSSR count). The average Bonchev–Trinajstić information content (AvgIpc) is 2.38. The van der Waals surface area contributed by atoms with Gasteiger partial charge in [0, 0.05) is 13.1 Å². The van der Waals surface area contributed by atoms with Gasteiger partial charge in [-0.3, -0.25) is 9.52 Å². The largest absolute Gasteiger partial charge is 0.481 e. The van der Waals surface area contributed by atoms with E-state index in [4.69, 9.17) is 5.11 Å². The smallest absolute Gasteiger partial charge is 0.306 e. The molecular formula is C12H15FN2O4S. The summed E-state index contributed by atoms with van der Waals surface area (Å²) in [5.41, 5.74) is 0.144. The Morgan fingerprint density at radius 3 is 2.55 bits per heavy atom. The molecule has 20 heavy (non-hydrogen) atoms. The zero-order chi connectivity index (χ0) is 14.8. The third-order valence-electron chi connectivity index (χ3n) is 3.21. The van der Waals surface area contributed by atoms with Crippen molar-refractivity contribution in [2.75, 3.05) is 17.8 Å². The molecule has 110 valence electrons. The van der Waals surface area contributed by atoms with Crippen molar-refractivity contribution in [3.8, 4) is 0 Å². The van der Waals surface area contributed by atoms with Gasteiger partial charge in [-0.2, -0.15) is 12.7 Å². The molecule has 0 amide bonds. The lowest BCUT2D eigenvalue weighted by molar-refractivity contribution is -0.142. The van der Waals surface area contributed by atoms with E-state index >= 15 is 0 Å². The van der Waals surface area contributed by atoms with E-state index in [1.807, 2.05) is 0 Å². The maximum Gasteiger partial charge on any atom is 0.306 e. The molecule has 0 aliphatic carbocycles. The number of piperidine rings is 1. The first-order valence-electron chi connectivity index (χ1n) is 6.15. The molecule has 8 heteroatoms. The van der Waals surface area contributed by atoms with Crippen LogP contribution >= 0.6 is 0 Å². The highest BCUT2D eigenvalue weighted by atomic mass is 32.2. The number of carboxylic acids is 1. The number of hydrogen-bond donors (Lipinski definition) is 2. The highest BCUT2D eigenvalue weighted by molar-refractivity contribution is 7.90. The number of nitrogens with one attached hydrogen (secondary N) is 1. The quantitative estimate of drug-likeness (QED) is 0.877. The van der Waals surface area contributed by atoms with Crippen LogP contribution in [0.15, 0.2) is 24.3 Å². The number of carbonyl (C=O) groups is 1. The lowest BCUT2D eigenvalue weighted by Crippen LogP contribution is -2.42. The number of nitrogens with zero attached hydrogens (tertiary/aromatic N) is 1. The van der Waals surface area contributed by atoms with E-state index < -0.39 is 27.9 Å². The second kappa shape index (κ2) is 5.76. The van der Waals surface area contributed by atoms with Crippen molar-refractivity contribution in [1.82, 2.24) is 4.31 Å². The minimum Gasteiger partial charge on any atom is -0.481 e. The Morgan fingerprint density at radius 1 is 1.35 bits per heavy atom. The van der Waals surface area contributed by atoms with Gasteiger partial charge in [-0.1, -0.05) is 6.07 Å². The normalized spacial score (nSPS) is 17.9. The number of carboxylic acid groups (broad SMARTS) is 1. The molecule has 0 atom stereocenters. The third kappa shape index (κ3) is 3.45. The fraction of sp³-hybridized carbons (Fsp3) is 0.417. The van der Waals surface area contributed by atoms with Crippen molar-refractivity contribution in [3.63, 3.8) is 0 Å². The molecule has 0 unspecified atom stereocenters. The summed E-state index contributed by atoms with van der Waals surface area (Å²) < 4.78 is 40.6. The van der Waals surface area contributed by atoms with Crippen molar-refractivity contribution in [3.05, 3.63) is 30.1 Å². The molecule has 0 aromatic heterocycles. The van der Waals surface area contributed by atoms with Gasteiger partial charge in [-0.25, -0.2) is 4.39 Å². The Morgan fingerprint density at radius 2 is 2.00 bits per heavy atom. The van der Waals surface area contributed by atoms with Gasteiger partial charge in [0.2, 0.25) is 0 Å². The minimum atomic E-state index is -3.78. The molecular weight excluding hydrogens is 287 g/mol. The standard InChI is InChI=1S/C12H15FN2O4S/c13-10-2-1-3-11(8-10)14-20(18,19)15-6-4-9(5-7-15)12(16)17/h1-3,8-9,14H,4-7H2,(H,16,17). The zero-order valence-corrected chi connectivity index (χ0v) is 11.4. The molecule has 2 N–H and O–H groups in total. The zero-order valence-electron chi connectivity index (χ0n) is 10.6. The van der Waals surface area contributed by atoms with Crippen LogP contribution in [0.3, 0.4) is 0 Å². The number of aliphatic carboxylic acids is 1. The van der Waals surface area contributed by atoms with Crippen LogP contribution in [0.1, 0.15) is 12.8 Å². The van der Waals surface area contributed by atoms with Gasteiger partial charge in [0.05, 0.1) is 11.6 Å². The minimum absolute atomic E-state index is 0.140. The van der Waals surface area contributed by atoms with Crippen LogP contribution in [0.5, 0.6) is 0 Å². The van der Waals surface area contributed by atoms with Gasteiger partial charge in [0.15, 0.2) is 0 Å². The fourth-order valence-electron chi connectivity index (χ4n) is 2.11. The number of anilines is 1. The first-order chi connectivity index (χ1) is 9.38. The van der Waals surface area contributed by atoms with E-state index in [1.54, 1.807) is 0 Å². The Kier molecular flexibility index (Phi) is 4.24. The molecule has 0 saturated carbocycles. The van der Waals surface area contributed by atoms with Gasteiger partial charge in [-0.05, 0) is 31.0 Å². The van der Waals surface area contributed by atoms with E-state index in [0.717, 1.165) is 6.07 Å². The first-order valence-corrected chi connectivity index (χ1v) is 7.59. The number of benzene rings is 1. The lowest BCUT2D eigenvalue weighted by atomic mass is 9.99. The van der Waals surface area contributed by atoms with Crippen LogP contribution in [0.4, 0.5) is 10.1 Å². The highest BCUT2D eigenvalue weighted by Gasteiger charge is 2.30. The maximum atomic E-state index is 13.0. The van der Waals surface area contributed by atoms with Crippen molar-refractivity contribution in [2.24, 2.45) is 5.92 Å². The molecule has 0 bridgehead atoms. The summed E-state index contributed by atoms with van der Waals surface area (Å²) in [5.74, 6) is -1.94. The van der Waals surface area contributed by atoms with E-state index in [-0.39, 0.29) is 31.6 Å². The monoisotopic (exact) mass is 302 g/mol. The van der Waals surface area contributed by atoms with Gasteiger partial charge in [0.1, 0.15) is 5.82 Å². The predicted molar refractivity (Wildman–Crippen MR) is 70.9 cm³/mol. The predicted octanol–water partition coefficient (Wildman–Crippen LogP) is 1.28. The first kappa shape index (κ1) is 14.7. The Balaban J connectivity index is 2.03. The molecule has 1 aliphatic heterocycles. The lowest BCUT2D eigenvalue weighted by Gasteiger charge is -2.29. The van der Waals surface area contributed by atoms with E-state index in [9.17, 15) is 17.6 Å². The Hall–Kier alpha value is -1.67. The van der Waals surface area contributed by atoms with E-state index in [1.165, 1.54) is 22.5 Å². The summed E-state index contributed by atoms with van der Waals surface area (Å²) in [5, 5.41) is 8.87. The molecule has 1 aromatic rings. The van der Waals surface area contributed by atoms with Crippen molar-refractivity contribution >= 4 is 21.9 Å². The fourth-order valence-corrected chi connectivity index (χ4v) is 3.35. The Bertz CT molecular complexity index is 597. The van der Waals surface area contributed by atoms with Crippen LogP contribution in [0.25, 0.3) is 0 Å². The second-order valence-corrected chi connectivity index (χ2v) is 6.30. The number of hydrogen-bond acceptors (Lipinski definition) is 3. The van der Waals surface area contributed by atoms with Gasteiger partial charge in [-0.15, -0.1) is 0 Å². The van der Waals surface area contributed by atoms with Crippen molar-refractivity contribution in [2.45, 2.75) is 12.8 Å². The van der Waals surface area contributed by atoms with Crippen LogP contribution in [-0.4, -0.2) is 36.9 Å². The summed E-state index contributed by atoms with van der Waals surface area (Å²) in [6, 6.07) is 5.16. The number of halogens is 1. The van der Waals surface area contributed by atoms with Crippen LogP contribution < -0.4 is 4.72 Å². The molecule has 1 aromatic carbocycles. The van der Waals surface area contributed by atoms with Gasteiger partial charge >= 0.3 is 16.2 Å². The average molecular weight is 302 g/mol. The van der Waals surface area contributed by atoms with Crippen molar-refractivity contribution < 1.29 is 22.7 Å². The maximum absolute atomic E-state index is 13.0. The van der Waals surface area contributed by atoms with Crippen LogP contribution in [0.2, 0.25) is 0 Å². The highest BCUT2D eigenvalue weighted by Crippen LogP contribution is 2.21. The summed E-state index contributed by atoms with van der Waals surface area (Å²) in [6.07, 6.45) is 0.554. The summed E-state index contributed by atoms with van der Waals surface area (Å²) in [6.45, 7) is 0.281. The molecule has 1 heterocycles. The second-order valence-electron chi connectivity index (χ2n) is 4.63. The molecule has 1 fully saturated rings. The topological polar surface area (TPSA) is 86.7 Å². The van der Waals surface area contributed by atoms with Crippen LogP contribution in [-0.2, 0) is 15.0 Å². The molecule has 1 saturated heterocycles. The van der Waals surface area contributed by atoms with E-state index in [2.05, 4.69) is 4.72 Å². The van der Waals surface area contributed by atoms with Crippen molar-refractivity contribution in [1.29, 1.82) is 0 Å². The summed E-state index contributed by atoms with van der Waals surface area (Å²) >= 11 is 0. The Labute approximate surface area is 116 Å². The van der Waals surface area contributed by atoms with E-state index in [0.29, 0.717) is 0 Å². The molecule has 6 nitrogen and oxygen atoms in total. The van der Waals surface area contributed by atoms with Crippen LogP contribution in [0, 0.1) is 11.7 Å². The van der Waals surface area contributed by atoms with Gasteiger partial charge in [0.25, 0.3) is 0 Å².